The zero-order valence-electron chi connectivity index (χ0n) is 25.9. The van der Waals surface area contributed by atoms with Crippen LogP contribution in [0.5, 0.6) is 0 Å². The molecule has 4 amide bonds. The highest BCUT2D eigenvalue weighted by molar-refractivity contribution is 7.14. The van der Waals surface area contributed by atoms with Crippen molar-refractivity contribution >= 4 is 52.2 Å². The first-order valence-electron chi connectivity index (χ1n) is 13.6. The van der Waals surface area contributed by atoms with Gasteiger partial charge in [-0.15, -0.1) is 11.3 Å². The number of aliphatic hydroxyl groups excluding tert-OH is 1. The number of amides is 4. The molecule has 0 aliphatic carbocycles. The highest BCUT2D eigenvalue weighted by Crippen LogP contribution is 2.20. The second-order valence-corrected chi connectivity index (χ2v) is 13.1. The number of carboxylic acids is 1. The second-order valence-electron chi connectivity index (χ2n) is 12.3. The number of rotatable bonds is 13. The highest BCUT2D eigenvalue weighted by atomic mass is 32.1. The largest absolute Gasteiger partial charge is 0.478 e. The van der Waals surface area contributed by atoms with E-state index in [1.807, 2.05) is 0 Å². The van der Waals surface area contributed by atoms with Crippen LogP contribution in [0.3, 0.4) is 0 Å². The van der Waals surface area contributed by atoms with E-state index in [9.17, 15) is 34.2 Å². The summed E-state index contributed by atoms with van der Waals surface area (Å²) < 4.78 is 10.3. The number of carbonyl (C=O) groups excluding carboxylic acids is 4. The van der Waals surface area contributed by atoms with Crippen LogP contribution in [0.15, 0.2) is 10.5 Å². The fourth-order valence-electron chi connectivity index (χ4n) is 3.21. The topological polar surface area (TPSA) is 239 Å². The van der Waals surface area contributed by atoms with Gasteiger partial charge in [-0.25, -0.2) is 19.4 Å². The summed E-state index contributed by atoms with van der Waals surface area (Å²) >= 11 is 0.948. The van der Waals surface area contributed by atoms with Gasteiger partial charge in [0.05, 0.1) is 12.1 Å². The zero-order chi connectivity index (χ0) is 33.5. The molecule has 0 radical (unpaired) electrons. The summed E-state index contributed by atoms with van der Waals surface area (Å²) in [6.45, 7) is 12.8. The minimum absolute atomic E-state index is 0.0555. The van der Waals surface area contributed by atoms with Gasteiger partial charge in [0, 0.05) is 25.0 Å². The van der Waals surface area contributed by atoms with Crippen molar-refractivity contribution in [3.63, 3.8) is 0 Å². The molecule has 7 N–H and O–H groups in total. The third kappa shape index (κ3) is 11.9. The number of carboxylic acid groups (broad SMARTS) is 1. The Hall–Kier alpha value is -4.03. The van der Waals surface area contributed by atoms with E-state index in [2.05, 4.69) is 36.7 Å². The van der Waals surface area contributed by atoms with Crippen molar-refractivity contribution in [1.82, 2.24) is 26.3 Å². The SMILES string of the molecule is CC(C)(C)OC(=O)NC[C@@H](O)CNC[C@@H]1NC(=O)[C@H]1NC(=O)C(=NOC(C)(C)C(=O)O)c1csc(NC(=O)OC(C)(C)C)n1. The fourth-order valence-corrected chi connectivity index (χ4v) is 3.89. The number of carbonyl (C=O) groups is 5. The van der Waals surface area contributed by atoms with Gasteiger partial charge in [-0.3, -0.25) is 14.9 Å². The molecular weight excluding hydrogens is 602 g/mol. The summed E-state index contributed by atoms with van der Waals surface area (Å²) in [4.78, 5) is 70.2. The summed E-state index contributed by atoms with van der Waals surface area (Å²) in [5.74, 6) is -2.74. The maximum Gasteiger partial charge on any atom is 0.413 e. The quantitative estimate of drug-likeness (QED) is 0.0885. The lowest BCUT2D eigenvalue weighted by atomic mass is 9.98. The number of aliphatic carboxylic acids is 1. The molecule has 1 fully saturated rings. The standard InChI is InChI=1S/C26H41N7O10S/c1-24(2,3)41-22(39)28-10-13(34)9-27-11-14-16(18(35)29-14)31-19(36)17(33-43-26(7,8)20(37)38)15-12-44-21(30-15)32-23(40)42-25(4,5)6/h12-14,16,27,34H,9-11H2,1-8H3,(H,28,39)(H,29,35)(H,31,36)(H,37,38)(H,30,32,40)/t13-,14-,16-/m0/s1. The first kappa shape index (κ1) is 36.2. The molecule has 18 heteroatoms. The Morgan fingerprint density at radius 1 is 1.05 bits per heavy atom. The molecule has 0 bridgehead atoms. The average molecular weight is 644 g/mol. The van der Waals surface area contributed by atoms with Crippen molar-refractivity contribution in [3.8, 4) is 0 Å². The van der Waals surface area contributed by atoms with E-state index >= 15 is 0 Å². The minimum atomic E-state index is -1.81. The van der Waals surface area contributed by atoms with Crippen LogP contribution >= 0.6 is 11.3 Å². The molecule has 0 unspecified atom stereocenters. The van der Waals surface area contributed by atoms with Crippen molar-refractivity contribution in [2.24, 2.45) is 5.16 Å². The molecule has 0 spiro atoms. The fraction of sp³-hybridized carbons (Fsp3) is 0.654. The monoisotopic (exact) mass is 643 g/mol. The predicted molar refractivity (Wildman–Crippen MR) is 158 cm³/mol. The van der Waals surface area contributed by atoms with E-state index in [1.54, 1.807) is 41.5 Å². The number of thiazole rings is 1. The molecule has 1 aromatic rings. The smallest absolute Gasteiger partial charge is 0.413 e. The molecule has 1 aromatic heterocycles. The Bertz CT molecular complexity index is 1250. The Labute approximate surface area is 258 Å². The Balaban J connectivity index is 2.05. The summed E-state index contributed by atoms with van der Waals surface area (Å²) in [7, 11) is 0. The second kappa shape index (κ2) is 14.6. The lowest BCUT2D eigenvalue weighted by Crippen LogP contribution is -2.72. The molecule has 1 aliphatic heterocycles. The maximum atomic E-state index is 13.3. The number of hydrogen-bond acceptors (Lipinski definition) is 13. The molecule has 2 rings (SSSR count). The highest BCUT2D eigenvalue weighted by Gasteiger charge is 2.41. The van der Waals surface area contributed by atoms with Gasteiger partial charge < -0.3 is 45.8 Å². The van der Waals surface area contributed by atoms with Crippen LogP contribution in [-0.2, 0) is 28.7 Å². The molecule has 3 atom stereocenters. The van der Waals surface area contributed by atoms with E-state index < -0.39 is 70.7 Å². The molecule has 246 valence electrons. The number of ether oxygens (including phenoxy) is 2. The number of hydrogen-bond donors (Lipinski definition) is 7. The van der Waals surface area contributed by atoms with Gasteiger partial charge >= 0.3 is 18.2 Å². The molecule has 17 nitrogen and oxygen atoms in total. The third-order valence-electron chi connectivity index (χ3n) is 5.37. The number of oxime groups is 1. The first-order valence-corrected chi connectivity index (χ1v) is 14.5. The molecule has 0 aromatic carbocycles. The number of aromatic nitrogens is 1. The van der Waals surface area contributed by atoms with E-state index in [1.165, 1.54) is 19.2 Å². The van der Waals surface area contributed by atoms with Crippen LogP contribution < -0.4 is 26.6 Å². The molecule has 0 saturated carbocycles. The average Bonchev–Trinajstić information content (AvgIpc) is 3.31. The third-order valence-corrected chi connectivity index (χ3v) is 6.13. The summed E-state index contributed by atoms with van der Waals surface area (Å²) in [6, 6.07) is -1.59. The van der Waals surface area contributed by atoms with Crippen molar-refractivity contribution in [2.75, 3.05) is 25.0 Å². The number of anilines is 1. The van der Waals surface area contributed by atoms with E-state index in [-0.39, 0.29) is 30.5 Å². The van der Waals surface area contributed by atoms with Gasteiger partial charge in [-0.05, 0) is 55.4 Å². The van der Waals surface area contributed by atoms with Gasteiger partial charge in [0.15, 0.2) is 10.8 Å². The molecule has 2 heterocycles. The van der Waals surface area contributed by atoms with Crippen LogP contribution in [0.1, 0.15) is 61.1 Å². The summed E-state index contributed by atoms with van der Waals surface area (Å²) in [5, 5.41) is 37.7. The maximum absolute atomic E-state index is 13.3. The first-order chi connectivity index (χ1) is 20.2. The zero-order valence-corrected chi connectivity index (χ0v) is 26.7. The Morgan fingerprint density at radius 2 is 1.66 bits per heavy atom. The van der Waals surface area contributed by atoms with Crippen LogP contribution in [0.2, 0.25) is 0 Å². The molecule has 44 heavy (non-hydrogen) atoms. The van der Waals surface area contributed by atoms with E-state index in [4.69, 9.17) is 14.3 Å². The number of nitrogens with one attached hydrogen (secondary N) is 5. The van der Waals surface area contributed by atoms with Gasteiger partial charge in [-0.1, -0.05) is 5.16 Å². The lowest BCUT2D eigenvalue weighted by Gasteiger charge is -2.37. The molecule has 1 saturated heterocycles. The molecular formula is C26H41N7O10S. The Morgan fingerprint density at radius 3 is 2.23 bits per heavy atom. The van der Waals surface area contributed by atoms with Crippen LogP contribution in [0, 0.1) is 0 Å². The van der Waals surface area contributed by atoms with Crippen LogP contribution in [0.4, 0.5) is 14.7 Å². The van der Waals surface area contributed by atoms with Gasteiger partial charge in [0.25, 0.3) is 5.91 Å². The number of β-lactam (4-membered cyclic amide) rings is 1. The Kier molecular flexibility index (Phi) is 12.0. The number of aliphatic hydroxyl groups is 1. The van der Waals surface area contributed by atoms with E-state index in [0.29, 0.717) is 0 Å². The van der Waals surface area contributed by atoms with Gasteiger partial charge in [0.2, 0.25) is 11.5 Å². The van der Waals surface area contributed by atoms with Crippen molar-refractivity contribution in [3.05, 3.63) is 11.1 Å². The van der Waals surface area contributed by atoms with Crippen molar-refractivity contribution in [2.45, 2.75) is 90.4 Å². The molecule has 1 aliphatic rings. The summed E-state index contributed by atoms with van der Waals surface area (Å²) in [5.41, 5.74) is -3.76. The van der Waals surface area contributed by atoms with Crippen molar-refractivity contribution in [1.29, 1.82) is 0 Å². The number of nitrogens with zero attached hydrogens (tertiary/aromatic N) is 2. The minimum Gasteiger partial charge on any atom is -0.478 e. The summed E-state index contributed by atoms with van der Waals surface area (Å²) in [6.07, 6.45) is -2.42. The normalized spacial score (nSPS) is 17.8. The predicted octanol–water partition coefficient (Wildman–Crippen LogP) is 0.532. The van der Waals surface area contributed by atoms with Gasteiger partial charge in [-0.2, -0.15) is 0 Å². The van der Waals surface area contributed by atoms with Crippen LogP contribution in [0.25, 0.3) is 0 Å². The van der Waals surface area contributed by atoms with Gasteiger partial charge in [0.1, 0.15) is 22.9 Å². The van der Waals surface area contributed by atoms with E-state index in [0.717, 1.165) is 11.3 Å². The number of alkyl carbamates (subject to hydrolysis) is 1. The lowest BCUT2D eigenvalue weighted by molar-refractivity contribution is -0.161. The van der Waals surface area contributed by atoms with Crippen molar-refractivity contribution < 1.29 is 48.5 Å². The van der Waals surface area contributed by atoms with Crippen LogP contribution in [-0.4, -0.2) is 106 Å².